The fourth-order valence-electron chi connectivity index (χ4n) is 1.34. The number of hydrogen-bond acceptors (Lipinski definition) is 5. The summed E-state index contributed by atoms with van der Waals surface area (Å²) < 4.78 is 86.9. The highest BCUT2D eigenvalue weighted by Crippen LogP contribution is 2.42. The molecule has 11 heteroatoms. The van der Waals surface area contributed by atoms with E-state index in [1.54, 1.807) is 0 Å². The zero-order valence-electron chi connectivity index (χ0n) is 10.4. The third kappa shape index (κ3) is 3.89. The van der Waals surface area contributed by atoms with Crippen molar-refractivity contribution in [1.29, 1.82) is 0 Å². The molecule has 0 aliphatic carbocycles. The van der Waals surface area contributed by atoms with E-state index in [0.29, 0.717) is 6.20 Å². The first-order chi connectivity index (χ1) is 9.51. The van der Waals surface area contributed by atoms with Gasteiger partial charge in [0.2, 0.25) is 0 Å². The van der Waals surface area contributed by atoms with Crippen molar-refractivity contribution >= 4 is 5.97 Å². The van der Waals surface area contributed by atoms with Crippen LogP contribution in [0, 0.1) is 0 Å². The molecule has 0 saturated heterocycles. The maximum Gasteiger partial charge on any atom is 0.573 e. The molecule has 0 radical (unpaired) electrons. The topological polar surface area (TPSA) is 57.7 Å². The van der Waals surface area contributed by atoms with Gasteiger partial charge in [0, 0.05) is 0 Å². The lowest BCUT2D eigenvalue weighted by Crippen LogP contribution is -2.24. The van der Waals surface area contributed by atoms with Crippen molar-refractivity contribution in [3.63, 3.8) is 0 Å². The normalized spacial score (nSPS) is 12.0. The van der Waals surface area contributed by atoms with E-state index < -0.39 is 41.3 Å². The van der Waals surface area contributed by atoms with Crippen LogP contribution >= 0.6 is 0 Å². The summed E-state index contributed by atoms with van der Waals surface area (Å²) in [5.74, 6) is -3.99. The second kappa shape index (κ2) is 5.66. The van der Waals surface area contributed by atoms with Crippen LogP contribution in [-0.4, -0.2) is 31.5 Å². The van der Waals surface area contributed by atoms with Gasteiger partial charge in [-0.25, -0.2) is 9.78 Å². The van der Waals surface area contributed by atoms with Crippen molar-refractivity contribution in [2.75, 3.05) is 14.2 Å². The molecule has 118 valence electrons. The number of hydrogen-bond donors (Lipinski definition) is 0. The van der Waals surface area contributed by atoms with Crippen molar-refractivity contribution in [1.82, 2.24) is 4.98 Å². The number of methoxy groups -OCH3 is 2. The molecule has 5 nitrogen and oxygen atoms in total. The van der Waals surface area contributed by atoms with Gasteiger partial charge < -0.3 is 14.2 Å². The number of esters is 1. The van der Waals surface area contributed by atoms with Crippen LogP contribution in [0.2, 0.25) is 0 Å². The largest absolute Gasteiger partial charge is 0.573 e. The molecule has 1 aromatic rings. The van der Waals surface area contributed by atoms with Gasteiger partial charge in [0.15, 0.2) is 17.2 Å². The molecular weight excluding hydrogens is 312 g/mol. The van der Waals surface area contributed by atoms with Gasteiger partial charge in [-0.2, -0.15) is 13.2 Å². The van der Waals surface area contributed by atoms with Gasteiger partial charge in [-0.05, 0) is 0 Å². The molecule has 0 N–H and O–H groups in total. The highest BCUT2D eigenvalue weighted by molar-refractivity contribution is 5.95. The first kappa shape index (κ1) is 16.9. The third-order valence-electron chi connectivity index (χ3n) is 2.10. The standard InChI is InChI=1S/C10H7F6NO4/c1-19-4-3-17-7(9(11,12)13)6(21-10(14,15)16)5(4)8(18)20-2/h3H,1-2H3. The molecule has 0 atom stereocenters. The fraction of sp³-hybridized carbons (Fsp3) is 0.400. The Bertz CT molecular complexity index is 540. The van der Waals surface area contributed by atoms with E-state index in [2.05, 4.69) is 19.2 Å². The molecule has 0 amide bonds. The minimum Gasteiger partial charge on any atom is -0.494 e. The molecule has 0 aliphatic heterocycles. The average Bonchev–Trinajstić information content (AvgIpc) is 2.33. The Morgan fingerprint density at radius 2 is 1.71 bits per heavy atom. The summed E-state index contributed by atoms with van der Waals surface area (Å²) in [6.07, 6.45) is -10.3. The van der Waals surface area contributed by atoms with Crippen molar-refractivity contribution in [2.24, 2.45) is 0 Å². The fourth-order valence-corrected chi connectivity index (χ4v) is 1.34. The Hall–Kier alpha value is -2.20. The number of nitrogens with zero attached hydrogens (tertiary/aromatic N) is 1. The van der Waals surface area contributed by atoms with Crippen molar-refractivity contribution < 1.29 is 45.3 Å². The minimum atomic E-state index is -5.48. The molecular formula is C10H7F6NO4. The molecule has 0 spiro atoms. The summed E-state index contributed by atoms with van der Waals surface area (Å²) in [5, 5.41) is 0. The minimum absolute atomic E-state index is 0.443. The van der Waals surface area contributed by atoms with Crippen molar-refractivity contribution in [3.8, 4) is 11.5 Å². The number of carbonyl (C=O) groups excluding carboxylic acids is 1. The highest BCUT2D eigenvalue weighted by atomic mass is 19.4. The van der Waals surface area contributed by atoms with E-state index in [-0.39, 0.29) is 0 Å². The van der Waals surface area contributed by atoms with E-state index in [1.165, 1.54) is 0 Å². The molecule has 0 fully saturated rings. The number of alkyl halides is 6. The van der Waals surface area contributed by atoms with Crippen LogP contribution in [0.4, 0.5) is 26.3 Å². The van der Waals surface area contributed by atoms with Gasteiger partial charge in [-0.3, -0.25) is 0 Å². The highest BCUT2D eigenvalue weighted by Gasteiger charge is 2.44. The van der Waals surface area contributed by atoms with Crippen LogP contribution in [0.3, 0.4) is 0 Å². The monoisotopic (exact) mass is 319 g/mol. The van der Waals surface area contributed by atoms with Gasteiger partial charge in [0.05, 0.1) is 20.4 Å². The van der Waals surface area contributed by atoms with Gasteiger partial charge in [-0.1, -0.05) is 0 Å². The van der Waals surface area contributed by atoms with Crippen molar-refractivity contribution in [2.45, 2.75) is 12.5 Å². The van der Waals surface area contributed by atoms with Crippen LogP contribution < -0.4 is 9.47 Å². The molecule has 0 saturated carbocycles. The summed E-state index contributed by atoms with van der Waals surface area (Å²) >= 11 is 0. The Labute approximate surface area is 113 Å². The number of rotatable bonds is 3. The molecule has 1 aromatic heterocycles. The molecule has 0 unspecified atom stereocenters. The van der Waals surface area contributed by atoms with Crippen LogP contribution in [0.15, 0.2) is 6.20 Å². The number of aromatic nitrogens is 1. The average molecular weight is 319 g/mol. The predicted molar refractivity (Wildman–Crippen MR) is 53.8 cm³/mol. The lowest BCUT2D eigenvalue weighted by molar-refractivity contribution is -0.276. The van der Waals surface area contributed by atoms with Crippen LogP contribution in [0.5, 0.6) is 11.5 Å². The quantitative estimate of drug-likeness (QED) is 0.633. The Morgan fingerprint density at radius 3 is 2.10 bits per heavy atom. The van der Waals surface area contributed by atoms with E-state index in [4.69, 9.17) is 0 Å². The Morgan fingerprint density at radius 1 is 1.14 bits per heavy atom. The van der Waals surface area contributed by atoms with Crippen LogP contribution in [0.1, 0.15) is 16.1 Å². The summed E-state index contributed by atoms with van der Waals surface area (Å²) in [6.45, 7) is 0. The number of ether oxygens (including phenoxy) is 3. The second-order valence-electron chi connectivity index (χ2n) is 3.42. The Kier molecular flexibility index (Phi) is 4.54. The van der Waals surface area contributed by atoms with Crippen LogP contribution in [0.25, 0.3) is 0 Å². The van der Waals surface area contributed by atoms with Crippen molar-refractivity contribution in [3.05, 3.63) is 17.5 Å². The summed E-state index contributed by atoms with van der Waals surface area (Å²) in [7, 11) is 1.70. The zero-order chi connectivity index (χ0) is 16.4. The molecule has 1 heterocycles. The van der Waals surface area contributed by atoms with Gasteiger partial charge in [0.1, 0.15) is 5.56 Å². The van der Waals surface area contributed by atoms with Gasteiger partial charge in [0.25, 0.3) is 0 Å². The third-order valence-corrected chi connectivity index (χ3v) is 2.10. The second-order valence-corrected chi connectivity index (χ2v) is 3.42. The summed E-state index contributed by atoms with van der Waals surface area (Å²) in [5.41, 5.74) is -3.19. The van der Waals surface area contributed by atoms with Crippen LogP contribution in [-0.2, 0) is 10.9 Å². The summed E-state index contributed by atoms with van der Waals surface area (Å²) in [6, 6.07) is 0. The molecule has 21 heavy (non-hydrogen) atoms. The van der Waals surface area contributed by atoms with E-state index >= 15 is 0 Å². The lowest BCUT2D eigenvalue weighted by Gasteiger charge is -2.18. The molecule has 0 aromatic carbocycles. The maximum absolute atomic E-state index is 12.7. The maximum atomic E-state index is 12.7. The molecule has 0 aliphatic rings. The van der Waals surface area contributed by atoms with E-state index in [9.17, 15) is 31.1 Å². The SMILES string of the molecule is COC(=O)c1c(OC)cnc(C(F)(F)F)c1OC(F)(F)F. The van der Waals surface area contributed by atoms with E-state index in [1.807, 2.05) is 0 Å². The first-order valence-electron chi connectivity index (χ1n) is 4.99. The summed E-state index contributed by atoms with van der Waals surface area (Å²) in [4.78, 5) is 14.2. The van der Waals surface area contributed by atoms with Gasteiger partial charge >= 0.3 is 18.5 Å². The van der Waals surface area contributed by atoms with E-state index in [0.717, 1.165) is 14.2 Å². The molecule has 1 rings (SSSR count). The lowest BCUT2D eigenvalue weighted by atomic mass is 10.1. The first-order valence-corrected chi connectivity index (χ1v) is 4.99. The number of pyridine rings is 1. The number of carbonyl (C=O) groups is 1. The zero-order valence-corrected chi connectivity index (χ0v) is 10.4. The predicted octanol–water partition coefficient (Wildman–Crippen LogP) is 2.79. The van der Waals surface area contributed by atoms with Gasteiger partial charge in [-0.15, -0.1) is 13.2 Å². The smallest absolute Gasteiger partial charge is 0.494 e. The number of halogens is 6. The Balaban J connectivity index is 3.66. The molecule has 0 bridgehead atoms.